The smallest absolute Gasteiger partial charge is 0.335 e. The van der Waals surface area contributed by atoms with Crippen LogP contribution >= 0.6 is 0 Å². The van der Waals surface area contributed by atoms with Gasteiger partial charge in [-0.15, -0.1) is 0 Å². The van der Waals surface area contributed by atoms with Crippen molar-refractivity contribution in [2.45, 2.75) is 32.3 Å². The molecule has 24 heavy (non-hydrogen) atoms. The summed E-state index contributed by atoms with van der Waals surface area (Å²) in [5, 5.41) is 14.6. The third-order valence-corrected chi connectivity index (χ3v) is 3.66. The quantitative estimate of drug-likeness (QED) is 0.597. The predicted molar refractivity (Wildman–Crippen MR) is 87.7 cm³/mol. The van der Waals surface area contributed by atoms with E-state index < -0.39 is 5.97 Å². The van der Waals surface area contributed by atoms with Crippen molar-refractivity contribution in [3.8, 4) is 0 Å². The second kappa shape index (κ2) is 8.44. The van der Waals surface area contributed by atoms with Gasteiger partial charge in [0, 0.05) is 31.7 Å². The van der Waals surface area contributed by atoms with E-state index in [1.54, 1.807) is 6.07 Å². The summed E-state index contributed by atoms with van der Waals surface area (Å²) in [6.07, 6.45) is 2.70. The second-order valence-corrected chi connectivity index (χ2v) is 5.87. The van der Waals surface area contributed by atoms with Crippen LogP contribution in [0.5, 0.6) is 0 Å². The third kappa shape index (κ3) is 5.66. The maximum atomic E-state index is 12.0. The van der Waals surface area contributed by atoms with Crippen LogP contribution in [0.25, 0.3) is 0 Å². The summed E-state index contributed by atoms with van der Waals surface area (Å²) in [5.74, 6) is -1.06. The number of amides is 2. The molecular formula is C17H22N2O5. The van der Waals surface area contributed by atoms with Gasteiger partial charge in [0.05, 0.1) is 12.2 Å². The number of aromatic carboxylic acids is 1. The Morgan fingerprint density at radius 2 is 2.00 bits per heavy atom. The number of rotatable bonds is 9. The lowest BCUT2D eigenvalue weighted by Gasteiger charge is -2.09. The molecule has 7 nitrogen and oxygen atoms in total. The molecule has 0 atom stereocenters. The van der Waals surface area contributed by atoms with Crippen LogP contribution in [0.15, 0.2) is 18.2 Å². The average molecular weight is 334 g/mol. The Kier molecular flexibility index (Phi) is 6.31. The van der Waals surface area contributed by atoms with Gasteiger partial charge in [0.1, 0.15) is 0 Å². The van der Waals surface area contributed by atoms with Gasteiger partial charge in [0.25, 0.3) is 0 Å². The normalized spacial score (nSPS) is 13.4. The van der Waals surface area contributed by atoms with E-state index in [-0.39, 0.29) is 36.3 Å². The van der Waals surface area contributed by atoms with Crippen molar-refractivity contribution < 1.29 is 24.2 Å². The molecule has 0 unspecified atom stereocenters. The van der Waals surface area contributed by atoms with Crippen LogP contribution in [0.3, 0.4) is 0 Å². The van der Waals surface area contributed by atoms with Crippen molar-refractivity contribution in [3.63, 3.8) is 0 Å². The Labute approximate surface area is 140 Å². The van der Waals surface area contributed by atoms with E-state index in [1.165, 1.54) is 19.2 Å². The molecule has 0 saturated heterocycles. The standard InChI is InChI=1S/C17H22N2O5/c1-24-10-11-7-13(17(22)23)9-14(8-11)19-15(20)3-2-6-18-16(21)12-4-5-12/h7-9,12H,2-6,10H2,1H3,(H,18,21)(H,19,20)(H,22,23). The largest absolute Gasteiger partial charge is 0.478 e. The summed E-state index contributed by atoms with van der Waals surface area (Å²) < 4.78 is 5.00. The van der Waals surface area contributed by atoms with Crippen molar-refractivity contribution in [3.05, 3.63) is 29.3 Å². The number of carboxylic acid groups (broad SMARTS) is 1. The maximum Gasteiger partial charge on any atom is 0.335 e. The first-order chi connectivity index (χ1) is 11.5. The summed E-state index contributed by atoms with van der Waals surface area (Å²) >= 11 is 0. The molecule has 0 spiro atoms. The van der Waals surface area contributed by atoms with Crippen molar-refractivity contribution in [1.82, 2.24) is 5.32 Å². The molecule has 130 valence electrons. The van der Waals surface area contributed by atoms with Crippen LogP contribution in [-0.2, 0) is 20.9 Å². The zero-order valence-corrected chi connectivity index (χ0v) is 13.6. The van der Waals surface area contributed by atoms with E-state index in [2.05, 4.69) is 10.6 Å². The number of anilines is 1. The lowest BCUT2D eigenvalue weighted by atomic mass is 10.1. The highest BCUT2D eigenvalue weighted by atomic mass is 16.5. The molecule has 2 rings (SSSR count). The van der Waals surface area contributed by atoms with Gasteiger partial charge in [0.2, 0.25) is 11.8 Å². The molecule has 0 aliphatic heterocycles. The highest BCUT2D eigenvalue weighted by molar-refractivity contribution is 5.94. The van der Waals surface area contributed by atoms with Crippen molar-refractivity contribution >= 4 is 23.5 Å². The van der Waals surface area contributed by atoms with Crippen molar-refractivity contribution in [1.29, 1.82) is 0 Å². The van der Waals surface area contributed by atoms with Gasteiger partial charge < -0.3 is 20.5 Å². The van der Waals surface area contributed by atoms with E-state index in [1.807, 2.05) is 0 Å². The monoisotopic (exact) mass is 334 g/mol. The molecule has 3 N–H and O–H groups in total. The molecular weight excluding hydrogens is 312 g/mol. The number of nitrogens with one attached hydrogen (secondary N) is 2. The minimum absolute atomic E-state index is 0.0637. The molecule has 1 aliphatic rings. The zero-order valence-electron chi connectivity index (χ0n) is 13.6. The highest BCUT2D eigenvalue weighted by Gasteiger charge is 2.28. The molecule has 2 amide bonds. The summed E-state index contributed by atoms with van der Waals surface area (Å²) in [6, 6.07) is 4.60. The van der Waals surface area contributed by atoms with Crippen LogP contribution < -0.4 is 10.6 Å². The van der Waals surface area contributed by atoms with Crippen LogP contribution in [0, 0.1) is 5.92 Å². The SMILES string of the molecule is COCc1cc(NC(=O)CCCNC(=O)C2CC2)cc(C(=O)O)c1. The van der Waals surface area contributed by atoms with E-state index >= 15 is 0 Å². The molecule has 0 aromatic heterocycles. The first-order valence-electron chi connectivity index (χ1n) is 7.93. The van der Waals surface area contributed by atoms with Crippen LogP contribution in [0.4, 0.5) is 5.69 Å². The fourth-order valence-electron chi connectivity index (χ4n) is 2.31. The molecule has 0 heterocycles. The van der Waals surface area contributed by atoms with Crippen LogP contribution in [-0.4, -0.2) is 36.5 Å². The lowest BCUT2D eigenvalue weighted by molar-refractivity contribution is -0.122. The summed E-state index contributed by atoms with van der Waals surface area (Å²) in [4.78, 5) is 34.5. The highest BCUT2D eigenvalue weighted by Crippen LogP contribution is 2.28. The summed E-state index contributed by atoms with van der Waals surface area (Å²) in [6.45, 7) is 0.726. The topological polar surface area (TPSA) is 105 Å². The molecule has 1 saturated carbocycles. The number of methoxy groups -OCH3 is 1. The number of hydrogen-bond acceptors (Lipinski definition) is 4. The molecule has 0 radical (unpaired) electrons. The Bertz CT molecular complexity index is 625. The van der Waals surface area contributed by atoms with Crippen LogP contribution in [0.2, 0.25) is 0 Å². The first-order valence-corrected chi connectivity index (χ1v) is 7.93. The van der Waals surface area contributed by atoms with Gasteiger partial charge in [-0.05, 0) is 43.0 Å². The second-order valence-electron chi connectivity index (χ2n) is 5.87. The molecule has 1 aromatic rings. The number of carbonyl (C=O) groups is 3. The fraction of sp³-hybridized carbons (Fsp3) is 0.471. The maximum absolute atomic E-state index is 12.0. The molecule has 1 aromatic carbocycles. The number of carbonyl (C=O) groups excluding carboxylic acids is 2. The van der Waals surface area contributed by atoms with Gasteiger partial charge in [-0.3, -0.25) is 9.59 Å². The number of hydrogen-bond donors (Lipinski definition) is 3. The minimum Gasteiger partial charge on any atom is -0.478 e. The molecule has 0 bridgehead atoms. The Balaban J connectivity index is 1.83. The van der Waals surface area contributed by atoms with Gasteiger partial charge in [-0.2, -0.15) is 0 Å². The summed E-state index contributed by atoms with van der Waals surface area (Å²) in [7, 11) is 1.52. The fourth-order valence-corrected chi connectivity index (χ4v) is 2.31. The first kappa shape index (κ1) is 17.9. The predicted octanol–water partition coefficient (Wildman–Crippen LogP) is 1.78. The van der Waals surface area contributed by atoms with E-state index in [4.69, 9.17) is 9.84 Å². The number of carboxylic acids is 1. The van der Waals surface area contributed by atoms with Crippen molar-refractivity contribution in [2.75, 3.05) is 19.0 Å². The number of ether oxygens (including phenoxy) is 1. The van der Waals surface area contributed by atoms with Gasteiger partial charge in [-0.1, -0.05) is 0 Å². The Morgan fingerprint density at radius 3 is 2.62 bits per heavy atom. The van der Waals surface area contributed by atoms with Gasteiger partial charge in [-0.25, -0.2) is 4.79 Å². The van der Waals surface area contributed by atoms with Gasteiger partial charge >= 0.3 is 5.97 Å². The Hall–Kier alpha value is -2.41. The zero-order chi connectivity index (χ0) is 17.5. The number of benzene rings is 1. The average Bonchev–Trinajstić information content (AvgIpc) is 3.36. The molecule has 1 fully saturated rings. The van der Waals surface area contributed by atoms with E-state index in [0.29, 0.717) is 24.2 Å². The van der Waals surface area contributed by atoms with Gasteiger partial charge in [0.15, 0.2) is 0 Å². The molecule has 1 aliphatic carbocycles. The minimum atomic E-state index is -1.06. The summed E-state index contributed by atoms with van der Waals surface area (Å²) in [5.41, 5.74) is 1.19. The van der Waals surface area contributed by atoms with Crippen molar-refractivity contribution in [2.24, 2.45) is 5.92 Å². The van der Waals surface area contributed by atoms with E-state index in [0.717, 1.165) is 12.8 Å². The van der Waals surface area contributed by atoms with Crippen LogP contribution in [0.1, 0.15) is 41.6 Å². The van der Waals surface area contributed by atoms with E-state index in [9.17, 15) is 14.4 Å². The Morgan fingerprint density at radius 1 is 1.25 bits per heavy atom. The third-order valence-electron chi connectivity index (χ3n) is 3.66. The molecule has 7 heteroatoms. The lowest BCUT2D eigenvalue weighted by Crippen LogP contribution is -2.26.